The molecule has 0 bridgehead atoms. The van der Waals surface area contributed by atoms with Gasteiger partial charge < -0.3 is 14.8 Å². The number of carbonyl (C=O) groups is 1. The quantitative estimate of drug-likeness (QED) is 0.662. The zero-order valence-corrected chi connectivity index (χ0v) is 13.5. The fourth-order valence-electron chi connectivity index (χ4n) is 2.14. The molecule has 0 radical (unpaired) electrons. The molecule has 0 unspecified atom stereocenters. The lowest BCUT2D eigenvalue weighted by atomic mass is 10.1. The SMILES string of the molecule is N#C/C(=C\c1cc(Br)c2c(c1)OCCCO2)C(=O)NC1CC1. The van der Waals surface area contributed by atoms with E-state index in [2.05, 4.69) is 21.2 Å². The first kappa shape index (κ1) is 14.9. The summed E-state index contributed by atoms with van der Waals surface area (Å²) in [5.74, 6) is 0.960. The Morgan fingerprint density at radius 2 is 2.14 bits per heavy atom. The highest BCUT2D eigenvalue weighted by atomic mass is 79.9. The second-order valence-corrected chi connectivity index (χ2v) is 6.15. The van der Waals surface area contributed by atoms with Gasteiger partial charge >= 0.3 is 0 Å². The van der Waals surface area contributed by atoms with Gasteiger partial charge in [0.2, 0.25) is 0 Å². The maximum Gasteiger partial charge on any atom is 0.262 e. The molecule has 1 amide bonds. The summed E-state index contributed by atoms with van der Waals surface area (Å²) in [5, 5.41) is 12.0. The number of nitrogens with zero attached hydrogens (tertiary/aromatic N) is 1. The van der Waals surface area contributed by atoms with Crippen molar-refractivity contribution in [1.82, 2.24) is 5.32 Å². The zero-order valence-electron chi connectivity index (χ0n) is 11.9. The topological polar surface area (TPSA) is 71.3 Å². The standard InChI is InChI=1S/C16H15BrN2O3/c17-13-7-10(8-14-15(13)22-5-1-4-21-14)6-11(9-18)16(20)19-12-2-3-12/h6-8,12H,1-5H2,(H,19,20)/b11-6+. The van der Waals surface area contributed by atoms with E-state index in [-0.39, 0.29) is 17.5 Å². The van der Waals surface area contributed by atoms with Crippen LogP contribution in [0.15, 0.2) is 22.2 Å². The van der Waals surface area contributed by atoms with Gasteiger partial charge in [-0.2, -0.15) is 5.26 Å². The number of nitriles is 1. The van der Waals surface area contributed by atoms with E-state index < -0.39 is 0 Å². The van der Waals surface area contributed by atoms with E-state index >= 15 is 0 Å². The van der Waals surface area contributed by atoms with Crippen molar-refractivity contribution in [3.8, 4) is 17.6 Å². The fourth-order valence-corrected chi connectivity index (χ4v) is 2.71. The Labute approximate surface area is 137 Å². The number of benzene rings is 1. The van der Waals surface area contributed by atoms with Gasteiger partial charge in [0.15, 0.2) is 11.5 Å². The van der Waals surface area contributed by atoms with Crippen LogP contribution >= 0.6 is 15.9 Å². The summed E-state index contributed by atoms with van der Waals surface area (Å²) in [6.07, 6.45) is 4.36. The number of fused-ring (bicyclic) bond motifs is 1. The van der Waals surface area contributed by atoms with Gasteiger partial charge in [-0.15, -0.1) is 0 Å². The van der Waals surface area contributed by atoms with Crippen LogP contribution in [0.3, 0.4) is 0 Å². The molecular formula is C16H15BrN2O3. The Balaban J connectivity index is 1.88. The highest BCUT2D eigenvalue weighted by molar-refractivity contribution is 9.10. The summed E-state index contributed by atoms with van der Waals surface area (Å²) in [7, 11) is 0. The highest BCUT2D eigenvalue weighted by Crippen LogP contribution is 2.38. The second-order valence-electron chi connectivity index (χ2n) is 5.30. The Bertz CT molecular complexity index is 675. The average Bonchev–Trinajstić information content (AvgIpc) is 3.31. The van der Waals surface area contributed by atoms with Crippen LogP contribution in [0.2, 0.25) is 0 Å². The van der Waals surface area contributed by atoms with E-state index in [0.29, 0.717) is 24.7 Å². The van der Waals surface area contributed by atoms with Gasteiger partial charge in [0.1, 0.15) is 11.6 Å². The molecule has 1 aliphatic carbocycles. The van der Waals surface area contributed by atoms with Crippen LogP contribution in [0.5, 0.6) is 11.5 Å². The van der Waals surface area contributed by atoms with E-state index in [4.69, 9.17) is 9.47 Å². The maximum atomic E-state index is 12.0. The molecule has 6 heteroatoms. The van der Waals surface area contributed by atoms with Gasteiger partial charge in [-0.25, -0.2) is 0 Å². The molecule has 0 spiro atoms. The van der Waals surface area contributed by atoms with Crippen LogP contribution in [-0.2, 0) is 4.79 Å². The molecule has 22 heavy (non-hydrogen) atoms. The van der Waals surface area contributed by atoms with Gasteiger partial charge in [0.05, 0.1) is 17.7 Å². The third kappa shape index (κ3) is 3.42. The van der Waals surface area contributed by atoms with Crippen LogP contribution in [0.4, 0.5) is 0 Å². The van der Waals surface area contributed by atoms with Crippen LogP contribution in [0.25, 0.3) is 6.08 Å². The smallest absolute Gasteiger partial charge is 0.262 e. The number of halogens is 1. The normalized spacial score (nSPS) is 17.4. The summed E-state index contributed by atoms with van der Waals surface area (Å²) in [6.45, 7) is 1.19. The van der Waals surface area contributed by atoms with Crippen molar-refractivity contribution >= 4 is 27.9 Å². The molecule has 1 saturated carbocycles. The predicted molar refractivity (Wildman–Crippen MR) is 84.5 cm³/mol. The Morgan fingerprint density at radius 3 is 2.86 bits per heavy atom. The molecule has 2 aliphatic rings. The monoisotopic (exact) mass is 362 g/mol. The first-order valence-corrected chi connectivity index (χ1v) is 7.98. The summed E-state index contributed by atoms with van der Waals surface area (Å²) in [6, 6.07) is 5.78. The number of carbonyl (C=O) groups excluding carboxylic acids is 1. The van der Waals surface area contributed by atoms with Crippen molar-refractivity contribution < 1.29 is 14.3 Å². The third-order valence-corrected chi connectivity index (χ3v) is 4.00. The van der Waals surface area contributed by atoms with E-state index in [9.17, 15) is 10.1 Å². The summed E-state index contributed by atoms with van der Waals surface area (Å²) in [4.78, 5) is 12.0. The van der Waals surface area contributed by atoms with Crippen LogP contribution in [0.1, 0.15) is 24.8 Å². The van der Waals surface area contributed by atoms with Crippen LogP contribution in [-0.4, -0.2) is 25.2 Å². The number of hydrogen-bond acceptors (Lipinski definition) is 4. The minimum atomic E-state index is -0.326. The van der Waals surface area contributed by atoms with Crippen molar-refractivity contribution in [2.24, 2.45) is 0 Å². The average molecular weight is 363 g/mol. The fraction of sp³-hybridized carbons (Fsp3) is 0.375. The molecular weight excluding hydrogens is 348 g/mol. The van der Waals surface area contributed by atoms with Gasteiger partial charge in [-0.3, -0.25) is 4.79 Å². The molecule has 114 valence electrons. The van der Waals surface area contributed by atoms with Crippen molar-refractivity contribution in [2.45, 2.75) is 25.3 Å². The summed E-state index contributed by atoms with van der Waals surface area (Å²) in [5.41, 5.74) is 0.812. The Kier molecular flexibility index (Phi) is 4.34. The number of rotatable bonds is 3. The number of hydrogen-bond donors (Lipinski definition) is 1. The summed E-state index contributed by atoms with van der Waals surface area (Å²) >= 11 is 3.45. The first-order valence-electron chi connectivity index (χ1n) is 7.19. The van der Waals surface area contributed by atoms with Crippen molar-refractivity contribution in [3.63, 3.8) is 0 Å². The lowest BCUT2D eigenvalue weighted by molar-refractivity contribution is -0.117. The molecule has 1 aromatic carbocycles. The van der Waals surface area contributed by atoms with Crippen molar-refractivity contribution in [1.29, 1.82) is 5.26 Å². The van der Waals surface area contributed by atoms with Crippen LogP contribution < -0.4 is 14.8 Å². The van der Waals surface area contributed by atoms with Gasteiger partial charge in [-0.1, -0.05) is 0 Å². The lowest BCUT2D eigenvalue weighted by Gasteiger charge is -2.10. The molecule has 1 heterocycles. The molecule has 0 saturated heterocycles. The number of amides is 1. The van der Waals surface area contributed by atoms with Gasteiger partial charge in [-0.05, 0) is 52.5 Å². The zero-order chi connectivity index (χ0) is 15.5. The third-order valence-electron chi connectivity index (χ3n) is 3.41. The number of nitrogens with one attached hydrogen (secondary N) is 1. The molecule has 0 atom stereocenters. The Hall–Kier alpha value is -2.00. The van der Waals surface area contributed by atoms with E-state index in [1.165, 1.54) is 0 Å². The van der Waals surface area contributed by atoms with E-state index in [0.717, 1.165) is 29.3 Å². The molecule has 1 N–H and O–H groups in total. The molecule has 1 fully saturated rings. The minimum absolute atomic E-state index is 0.0910. The summed E-state index contributed by atoms with van der Waals surface area (Å²) < 4.78 is 12.0. The van der Waals surface area contributed by atoms with Gasteiger partial charge in [0, 0.05) is 12.5 Å². The van der Waals surface area contributed by atoms with Crippen molar-refractivity contribution in [3.05, 3.63) is 27.7 Å². The van der Waals surface area contributed by atoms with Crippen molar-refractivity contribution in [2.75, 3.05) is 13.2 Å². The Morgan fingerprint density at radius 1 is 1.36 bits per heavy atom. The van der Waals surface area contributed by atoms with Crippen LogP contribution in [0, 0.1) is 11.3 Å². The molecule has 1 aliphatic heterocycles. The highest BCUT2D eigenvalue weighted by Gasteiger charge is 2.25. The molecule has 1 aromatic rings. The lowest BCUT2D eigenvalue weighted by Crippen LogP contribution is -2.26. The largest absolute Gasteiger partial charge is 0.489 e. The van der Waals surface area contributed by atoms with Gasteiger partial charge in [0.25, 0.3) is 5.91 Å². The molecule has 3 rings (SSSR count). The predicted octanol–water partition coefficient (Wildman–Crippen LogP) is 2.80. The maximum absolute atomic E-state index is 12.0. The molecule has 5 nitrogen and oxygen atoms in total. The second kappa shape index (κ2) is 6.41. The first-order chi connectivity index (χ1) is 10.7. The molecule has 0 aromatic heterocycles. The van der Waals surface area contributed by atoms with E-state index in [1.807, 2.05) is 12.1 Å². The minimum Gasteiger partial charge on any atom is -0.489 e. The van der Waals surface area contributed by atoms with E-state index in [1.54, 1.807) is 12.1 Å². The number of ether oxygens (including phenoxy) is 2.